The molecule has 7 heteroatoms. The minimum absolute atomic E-state index is 0.0181. The van der Waals surface area contributed by atoms with Crippen LogP contribution in [0.5, 0.6) is 0 Å². The molecule has 2 rings (SSSR count). The van der Waals surface area contributed by atoms with E-state index in [1.54, 1.807) is 13.3 Å². The molecular formula is C14H25BrN4O2. The Morgan fingerprint density at radius 2 is 2.33 bits per heavy atom. The van der Waals surface area contributed by atoms with E-state index in [0.717, 1.165) is 29.9 Å². The van der Waals surface area contributed by atoms with E-state index in [-0.39, 0.29) is 12.1 Å². The van der Waals surface area contributed by atoms with Gasteiger partial charge in [-0.15, -0.1) is 0 Å². The molecule has 2 N–H and O–H groups in total. The molecule has 1 aliphatic heterocycles. The van der Waals surface area contributed by atoms with Crippen molar-refractivity contribution in [1.29, 1.82) is 0 Å². The van der Waals surface area contributed by atoms with E-state index in [4.69, 9.17) is 15.2 Å². The zero-order chi connectivity index (χ0) is 15.4. The third kappa shape index (κ3) is 4.04. The maximum atomic E-state index is 6.47. The summed E-state index contributed by atoms with van der Waals surface area (Å²) in [7, 11) is 1.68. The molecule has 0 radical (unpaired) electrons. The van der Waals surface area contributed by atoms with Gasteiger partial charge in [0, 0.05) is 26.2 Å². The van der Waals surface area contributed by atoms with Crippen LogP contribution in [-0.2, 0) is 16.0 Å². The number of rotatable bonds is 6. The van der Waals surface area contributed by atoms with Gasteiger partial charge in [0.1, 0.15) is 0 Å². The topological polar surface area (TPSA) is 65.5 Å². The maximum absolute atomic E-state index is 6.47. The Hall–Kier alpha value is -0.470. The lowest BCUT2D eigenvalue weighted by Gasteiger charge is -2.38. The average Bonchev–Trinajstić information content (AvgIpc) is 2.85. The van der Waals surface area contributed by atoms with Crippen molar-refractivity contribution in [2.24, 2.45) is 5.73 Å². The maximum Gasteiger partial charge on any atom is 0.0910 e. The number of morpholine rings is 1. The second kappa shape index (κ2) is 7.69. The molecule has 0 spiro atoms. The first-order chi connectivity index (χ1) is 10.0. The number of nitrogens with zero attached hydrogens (tertiary/aromatic N) is 3. The molecule has 2 atom stereocenters. The van der Waals surface area contributed by atoms with Crippen LogP contribution in [0.3, 0.4) is 0 Å². The molecule has 2 unspecified atom stereocenters. The average molecular weight is 361 g/mol. The summed E-state index contributed by atoms with van der Waals surface area (Å²) < 4.78 is 13.9. The van der Waals surface area contributed by atoms with Gasteiger partial charge in [-0.25, -0.2) is 0 Å². The quantitative estimate of drug-likeness (QED) is 0.830. The van der Waals surface area contributed by atoms with E-state index in [1.165, 1.54) is 0 Å². The van der Waals surface area contributed by atoms with Crippen molar-refractivity contribution in [2.75, 3.05) is 33.4 Å². The number of hydrogen-bond acceptors (Lipinski definition) is 5. The fraction of sp³-hybridized carbons (Fsp3) is 0.786. The third-order valence-corrected chi connectivity index (χ3v) is 4.52. The molecule has 1 aliphatic rings. The molecule has 21 heavy (non-hydrogen) atoms. The van der Waals surface area contributed by atoms with Crippen LogP contribution in [0.1, 0.15) is 25.6 Å². The minimum atomic E-state index is -0.208. The lowest BCUT2D eigenvalue weighted by Crippen LogP contribution is -2.49. The van der Waals surface area contributed by atoms with E-state index in [2.05, 4.69) is 39.8 Å². The van der Waals surface area contributed by atoms with Crippen LogP contribution < -0.4 is 5.73 Å². The van der Waals surface area contributed by atoms with Crippen LogP contribution in [0.2, 0.25) is 0 Å². The second-order valence-corrected chi connectivity index (χ2v) is 6.47. The molecule has 0 saturated carbocycles. The molecule has 1 fully saturated rings. The molecule has 1 aromatic heterocycles. The largest absolute Gasteiger partial charge is 0.383 e. The first kappa shape index (κ1) is 16.9. The fourth-order valence-electron chi connectivity index (χ4n) is 2.62. The van der Waals surface area contributed by atoms with Crippen LogP contribution in [0.4, 0.5) is 0 Å². The number of hydrogen-bond donors (Lipinski definition) is 1. The highest BCUT2D eigenvalue weighted by Gasteiger charge is 2.31. The Morgan fingerprint density at radius 3 is 3.00 bits per heavy atom. The number of aromatic nitrogens is 2. The molecule has 0 bridgehead atoms. The lowest BCUT2D eigenvalue weighted by atomic mass is 10.1. The molecule has 6 nitrogen and oxygen atoms in total. The molecular weight excluding hydrogens is 336 g/mol. The summed E-state index contributed by atoms with van der Waals surface area (Å²) in [6, 6.07) is 0.297. The van der Waals surface area contributed by atoms with Crippen molar-refractivity contribution < 1.29 is 9.47 Å². The second-order valence-electron chi connectivity index (χ2n) is 5.62. The predicted molar refractivity (Wildman–Crippen MR) is 85.2 cm³/mol. The summed E-state index contributed by atoms with van der Waals surface area (Å²) in [5.41, 5.74) is 7.44. The molecule has 1 aromatic rings. The highest BCUT2D eigenvalue weighted by Crippen LogP contribution is 2.27. The summed E-state index contributed by atoms with van der Waals surface area (Å²) >= 11 is 3.55. The monoisotopic (exact) mass is 360 g/mol. The van der Waals surface area contributed by atoms with E-state index >= 15 is 0 Å². The highest BCUT2D eigenvalue weighted by molar-refractivity contribution is 9.10. The van der Waals surface area contributed by atoms with Crippen molar-refractivity contribution in [3.8, 4) is 0 Å². The number of ether oxygens (including phenoxy) is 2. The normalized spacial score (nSPS) is 21.9. The third-order valence-electron chi connectivity index (χ3n) is 3.91. The van der Waals surface area contributed by atoms with Gasteiger partial charge in [0.2, 0.25) is 0 Å². The van der Waals surface area contributed by atoms with Crippen molar-refractivity contribution in [1.82, 2.24) is 14.7 Å². The van der Waals surface area contributed by atoms with Gasteiger partial charge >= 0.3 is 0 Å². The molecule has 0 aliphatic carbocycles. The molecule has 1 saturated heterocycles. The molecule has 2 heterocycles. The summed E-state index contributed by atoms with van der Waals surface area (Å²) in [5, 5.41) is 4.36. The van der Waals surface area contributed by atoms with Crippen molar-refractivity contribution in [3.63, 3.8) is 0 Å². The summed E-state index contributed by atoms with van der Waals surface area (Å²) in [6.45, 7) is 8.23. The van der Waals surface area contributed by atoms with E-state index in [1.807, 2.05) is 4.68 Å². The van der Waals surface area contributed by atoms with E-state index < -0.39 is 0 Å². The van der Waals surface area contributed by atoms with Crippen LogP contribution >= 0.6 is 15.9 Å². The van der Waals surface area contributed by atoms with Crippen LogP contribution in [-0.4, -0.2) is 60.2 Å². The van der Waals surface area contributed by atoms with Crippen LogP contribution in [0.25, 0.3) is 0 Å². The predicted octanol–water partition coefficient (Wildman–Crippen LogP) is 1.40. The lowest BCUT2D eigenvalue weighted by molar-refractivity contribution is -0.0515. The van der Waals surface area contributed by atoms with Crippen molar-refractivity contribution >= 4 is 15.9 Å². The van der Waals surface area contributed by atoms with Gasteiger partial charge in [0.05, 0.1) is 48.3 Å². The molecule has 0 amide bonds. The Morgan fingerprint density at radius 1 is 1.57 bits per heavy atom. The van der Waals surface area contributed by atoms with E-state index in [9.17, 15) is 0 Å². The summed E-state index contributed by atoms with van der Waals surface area (Å²) in [6.07, 6.45) is 1.77. The van der Waals surface area contributed by atoms with E-state index in [0.29, 0.717) is 19.2 Å². The summed E-state index contributed by atoms with van der Waals surface area (Å²) in [4.78, 5) is 2.40. The molecule has 120 valence electrons. The Balaban J connectivity index is 2.11. The minimum Gasteiger partial charge on any atom is -0.383 e. The first-order valence-corrected chi connectivity index (χ1v) is 8.15. The van der Waals surface area contributed by atoms with Gasteiger partial charge in [-0.05, 0) is 29.8 Å². The van der Waals surface area contributed by atoms with Gasteiger partial charge in [-0.1, -0.05) is 0 Å². The Bertz CT molecular complexity index is 452. The number of halogens is 1. The smallest absolute Gasteiger partial charge is 0.0910 e. The van der Waals surface area contributed by atoms with Crippen LogP contribution in [0, 0.1) is 0 Å². The van der Waals surface area contributed by atoms with Crippen LogP contribution in [0.15, 0.2) is 10.7 Å². The van der Waals surface area contributed by atoms with Crippen molar-refractivity contribution in [3.05, 3.63) is 16.4 Å². The van der Waals surface area contributed by atoms with Gasteiger partial charge in [0.25, 0.3) is 0 Å². The SMILES string of the molecule is COCCn1ncc(Br)c1C(N)C1CN(C(C)C)CCO1. The zero-order valence-electron chi connectivity index (χ0n) is 13.0. The first-order valence-electron chi connectivity index (χ1n) is 7.36. The Labute approximate surface area is 134 Å². The van der Waals surface area contributed by atoms with Gasteiger partial charge in [-0.2, -0.15) is 5.10 Å². The Kier molecular flexibility index (Phi) is 6.19. The van der Waals surface area contributed by atoms with Crippen molar-refractivity contribution in [2.45, 2.75) is 38.6 Å². The van der Waals surface area contributed by atoms with Gasteiger partial charge in [-0.3, -0.25) is 9.58 Å². The summed E-state index contributed by atoms with van der Waals surface area (Å²) in [5.74, 6) is 0. The number of methoxy groups -OCH3 is 1. The van der Waals surface area contributed by atoms with Gasteiger partial charge < -0.3 is 15.2 Å². The molecule has 0 aromatic carbocycles. The van der Waals surface area contributed by atoms with Gasteiger partial charge in [0.15, 0.2) is 0 Å². The fourth-order valence-corrected chi connectivity index (χ4v) is 3.18. The highest BCUT2D eigenvalue weighted by atomic mass is 79.9. The number of nitrogens with two attached hydrogens (primary N) is 1. The standard InChI is InChI=1S/C14H25BrN4O2/c1-10(2)18-4-7-21-12(9-18)13(16)14-11(15)8-17-19(14)5-6-20-3/h8,10,12-13H,4-7,9,16H2,1-3H3. The zero-order valence-corrected chi connectivity index (χ0v) is 14.5.